The molecule has 13 heteroatoms. The Morgan fingerprint density at radius 1 is 1.10 bits per heavy atom. The molecule has 3 heterocycles. The maximum Gasteiger partial charge on any atom is 0.391 e. The lowest BCUT2D eigenvalue weighted by atomic mass is 10.2. The van der Waals surface area contributed by atoms with E-state index in [0.29, 0.717) is 16.7 Å². The Morgan fingerprint density at radius 3 is 2.53 bits per heavy atom. The Bertz CT molecular complexity index is 1110. The largest absolute Gasteiger partial charge is 0.391 e. The van der Waals surface area contributed by atoms with Crippen LogP contribution in [0, 0.1) is 0 Å². The predicted molar refractivity (Wildman–Crippen MR) is 101 cm³/mol. The molecule has 10 nitrogen and oxygen atoms in total. The van der Waals surface area contributed by atoms with E-state index in [0.717, 1.165) is 6.20 Å². The highest BCUT2D eigenvalue weighted by Crippen LogP contribution is 2.25. The Kier molecular flexibility index (Phi) is 5.62. The topological polar surface area (TPSA) is 162 Å². The van der Waals surface area contributed by atoms with Crippen LogP contribution in [0.5, 0.6) is 0 Å². The lowest BCUT2D eigenvalue weighted by Gasteiger charge is -2.18. The number of nitrogens with one attached hydrogen (secondary N) is 2. The zero-order valence-electron chi connectivity index (χ0n) is 15.1. The average Bonchev–Trinajstić information content (AvgIpc) is 2.66. The van der Waals surface area contributed by atoms with Gasteiger partial charge in [-0.2, -0.15) is 13.2 Å². The van der Waals surface area contributed by atoms with Crippen LogP contribution >= 0.6 is 0 Å². The Morgan fingerprint density at radius 2 is 1.87 bits per heavy atom. The highest BCUT2D eigenvalue weighted by molar-refractivity contribution is 5.96. The summed E-state index contributed by atoms with van der Waals surface area (Å²) in [6.07, 6.45) is -2.18. The number of nitrogens with two attached hydrogens (primary N) is 2. The fourth-order valence-electron chi connectivity index (χ4n) is 2.52. The summed E-state index contributed by atoms with van der Waals surface area (Å²) in [5.74, 6) is -2.53. The highest BCUT2D eigenvalue weighted by Gasteiger charge is 2.35. The summed E-state index contributed by atoms with van der Waals surface area (Å²) in [5.41, 5.74) is 11.6. The molecule has 6 N–H and O–H groups in total. The first-order valence-electron chi connectivity index (χ1n) is 8.39. The quantitative estimate of drug-likeness (QED) is 0.447. The van der Waals surface area contributed by atoms with Crippen LogP contribution in [-0.2, 0) is 4.79 Å². The number of fused-ring (bicyclic) bond motifs is 1. The summed E-state index contributed by atoms with van der Waals surface area (Å²) in [7, 11) is 0. The number of halogens is 3. The first-order chi connectivity index (χ1) is 14.1. The van der Waals surface area contributed by atoms with Gasteiger partial charge in [0.1, 0.15) is 11.9 Å². The molecule has 3 rings (SSSR count). The second kappa shape index (κ2) is 8.14. The summed E-state index contributed by atoms with van der Waals surface area (Å²) in [4.78, 5) is 39.2. The molecule has 2 amide bonds. The predicted octanol–water partition coefficient (Wildman–Crippen LogP) is 1.48. The third-order valence-corrected chi connectivity index (χ3v) is 3.82. The van der Waals surface area contributed by atoms with Crippen molar-refractivity contribution < 1.29 is 22.8 Å². The number of carbonyl (C=O) groups is 2. The van der Waals surface area contributed by atoms with Crippen molar-refractivity contribution in [3.8, 4) is 0 Å². The molecule has 0 aliphatic rings. The van der Waals surface area contributed by atoms with Gasteiger partial charge in [0.25, 0.3) is 5.91 Å². The van der Waals surface area contributed by atoms with Crippen molar-refractivity contribution in [2.45, 2.75) is 18.6 Å². The minimum atomic E-state index is -4.64. The molecule has 30 heavy (non-hydrogen) atoms. The molecular weight excluding hydrogens is 405 g/mol. The van der Waals surface area contributed by atoms with Gasteiger partial charge in [-0.3, -0.25) is 19.6 Å². The van der Waals surface area contributed by atoms with Crippen LogP contribution in [0.4, 0.5) is 30.5 Å². The standard InChI is InChI=1S/C17H15F3N8O2/c18-17(19,20)5-11(14(21)29)27-12-7-25-13(15(22)30)16(28-12)26-8-4-10-9(24-6-8)2-1-3-23-10/h1-4,6-7,11H,5H2,(H2,21,29)(H2,22,30)(H2,26,27,28)/t11-/m1/s1. The van der Waals surface area contributed by atoms with Crippen LogP contribution in [-0.4, -0.2) is 44.0 Å². The van der Waals surface area contributed by atoms with Crippen molar-refractivity contribution in [1.29, 1.82) is 0 Å². The molecule has 0 aliphatic heterocycles. The molecule has 0 saturated carbocycles. The number of primary amides is 2. The number of rotatable bonds is 7. The fraction of sp³-hybridized carbons (Fsp3) is 0.176. The maximum absolute atomic E-state index is 12.7. The van der Waals surface area contributed by atoms with Gasteiger partial charge in [-0.1, -0.05) is 0 Å². The number of anilines is 3. The van der Waals surface area contributed by atoms with Crippen molar-refractivity contribution in [1.82, 2.24) is 19.9 Å². The van der Waals surface area contributed by atoms with Crippen molar-refractivity contribution in [3.05, 3.63) is 42.5 Å². The van der Waals surface area contributed by atoms with Gasteiger partial charge in [0, 0.05) is 6.20 Å². The second-order valence-corrected chi connectivity index (χ2v) is 6.13. The molecular formula is C17H15F3N8O2. The molecule has 1 atom stereocenters. The fourth-order valence-corrected chi connectivity index (χ4v) is 2.52. The van der Waals surface area contributed by atoms with Crippen molar-refractivity contribution >= 4 is 40.2 Å². The van der Waals surface area contributed by atoms with Crippen LogP contribution in [0.1, 0.15) is 16.9 Å². The van der Waals surface area contributed by atoms with Gasteiger partial charge in [0.05, 0.1) is 35.5 Å². The number of nitrogens with zero attached hydrogens (tertiary/aromatic N) is 4. The van der Waals surface area contributed by atoms with Crippen LogP contribution in [0.25, 0.3) is 11.0 Å². The maximum atomic E-state index is 12.7. The van der Waals surface area contributed by atoms with Crippen molar-refractivity contribution in [2.75, 3.05) is 10.6 Å². The van der Waals surface area contributed by atoms with E-state index in [9.17, 15) is 22.8 Å². The van der Waals surface area contributed by atoms with Gasteiger partial charge in [-0.15, -0.1) is 0 Å². The van der Waals surface area contributed by atoms with Crippen molar-refractivity contribution in [2.24, 2.45) is 11.5 Å². The number of aromatic nitrogens is 4. The molecule has 0 bridgehead atoms. The van der Waals surface area contributed by atoms with E-state index in [2.05, 4.69) is 30.6 Å². The minimum absolute atomic E-state index is 0.153. The minimum Gasteiger partial charge on any atom is -0.368 e. The smallest absolute Gasteiger partial charge is 0.368 e. The number of amides is 2. The molecule has 0 fully saturated rings. The molecule has 0 aromatic carbocycles. The molecule has 3 aromatic rings. The third-order valence-electron chi connectivity index (χ3n) is 3.82. The van der Waals surface area contributed by atoms with Gasteiger partial charge in [0.2, 0.25) is 5.91 Å². The van der Waals surface area contributed by atoms with E-state index in [4.69, 9.17) is 11.5 Å². The molecule has 0 aliphatic carbocycles. The van der Waals surface area contributed by atoms with E-state index < -0.39 is 30.5 Å². The summed E-state index contributed by atoms with van der Waals surface area (Å²) in [5, 5.41) is 5.05. The number of hydrogen-bond donors (Lipinski definition) is 4. The zero-order valence-corrected chi connectivity index (χ0v) is 15.1. The molecule has 0 radical (unpaired) electrons. The summed E-state index contributed by atoms with van der Waals surface area (Å²) < 4.78 is 38.0. The van der Waals surface area contributed by atoms with Gasteiger partial charge in [-0.05, 0) is 18.2 Å². The lowest BCUT2D eigenvalue weighted by molar-refractivity contribution is -0.144. The van der Waals surface area contributed by atoms with Crippen molar-refractivity contribution in [3.63, 3.8) is 0 Å². The van der Waals surface area contributed by atoms with E-state index in [-0.39, 0.29) is 17.3 Å². The van der Waals surface area contributed by atoms with Gasteiger partial charge in [-0.25, -0.2) is 9.97 Å². The number of alkyl halides is 3. The normalized spacial score (nSPS) is 12.4. The molecule has 0 saturated heterocycles. The summed E-state index contributed by atoms with van der Waals surface area (Å²) in [6.45, 7) is 0. The van der Waals surface area contributed by atoms with Crippen LogP contribution < -0.4 is 22.1 Å². The van der Waals surface area contributed by atoms with E-state index >= 15 is 0 Å². The molecule has 3 aromatic heterocycles. The summed E-state index contributed by atoms with van der Waals surface area (Å²) in [6, 6.07) is 3.29. The van der Waals surface area contributed by atoms with Crippen LogP contribution in [0.2, 0.25) is 0 Å². The molecule has 0 spiro atoms. The van der Waals surface area contributed by atoms with Gasteiger partial charge in [0.15, 0.2) is 11.5 Å². The average molecular weight is 420 g/mol. The summed E-state index contributed by atoms with van der Waals surface area (Å²) >= 11 is 0. The Labute approximate surface area is 166 Å². The monoisotopic (exact) mass is 420 g/mol. The Hall–Kier alpha value is -4.03. The second-order valence-electron chi connectivity index (χ2n) is 6.13. The number of pyridine rings is 2. The first-order valence-corrected chi connectivity index (χ1v) is 8.39. The third kappa shape index (κ3) is 5.06. The molecule has 0 unspecified atom stereocenters. The van der Waals surface area contributed by atoms with Crippen LogP contribution in [0.15, 0.2) is 36.8 Å². The first kappa shape index (κ1) is 20.7. The van der Waals surface area contributed by atoms with Gasteiger partial charge < -0.3 is 22.1 Å². The van der Waals surface area contributed by atoms with E-state index in [1.54, 1.807) is 24.4 Å². The Balaban J connectivity index is 1.92. The van der Waals surface area contributed by atoms with E-state index in [1.165, 1.54) is 6.20 Å². The zero-order chi connectivity index (χ0) is 21.9. The molecule has 156 valence electrons. The van der Waals surface area contributed by atoms with E-state index in [1.807, 2.05) is 0 Å². The van der Waals surface area contributed by atoms with Gasteiger partial charge >= 0.3 is 6.18 Å². The van der Waals surface area contributed by atoms with Crippen LogP contribution in [0.3, 0.4) is 0 Å². The number of hydrogen-bond acceptors (Lipinski definition) is 8. The SMILES string of the molecule is NC(=O)c1ncc(N[C@H](CC(F)(F)F)C(N)=O)nc1Nc1cnc2cccnc2c1. The number of carbonyl (C=O) groups excluding carboxylic acids is 2. The highest BCUT2D eigenvalue weighted by atomic mass is 19.4. The lowest BCUT2D eigenvalue weighted by Crippen LogP contribution is -2.39.